The second kappa shape index (κ2) is 16.2. The van der Waals surface area contributed by atoms with Crippen LogP contribution in [0.15, 0.2) is 36.9 Å². The lowest BCUT2D eigenvalue weighted by Gasteiger charge is -2.35. The van der Waals surface area contributed by atoms with Crippen molar-refractivity contribution in [3.63, 3.8) is 0 Å². The van der Waals surface area contributed by atoms with Crippen LogP contribution < -0.4 is 20.1 Å². The molecule has 4 amide bonds. The van der Waals surface area contributed by atoms with Gasteiger partial charge in [0, 0.05) is 42.9 Å². The average Bonchev–Trinajstić information content (AvgIpc) is 4.16. The van der Waals surface area contributed by atoms with Crippen molar-refractivity contribution in [2.24, 2.45) is 17.3 Å². The minimum Gasteiger partial charge on any atom is -0.472 e. The first-order valence-corrected chi connectivity index (χ1v) is 23.2. The number of alkyl carbamates (subject to hydrolysis) is 1. The minimum absolute atomic E-state index is 0.00547. The van der Waals surface area contributed by atoms with Gasteiger partial charge in [-0.2, -0.15) is 0 Å². The van der Waals surface area contributed by atoms with Gasteiger partial charge in [-0.3, -0.25) is 24.0 Å². The molecular weight excluding hydrogens is 789 g/mol. The number of para-hydroxylation sites is 1. The minimum atomic E-state index is -4.00. The van der Waals surface area contributed by atoms with Crippen LogP contribution in [0.3, 0.4) is 0 Å². The molecule has 0 spiro atoms. The third-order valence-corrected chi connectivity index (χ3v) is 15.7. The number of carbonyl (C=O) groups is 4. The number of rotatable bonds is 8. The van der Waals surface area contributed by atoms with Crippen LogP contribution in [0.25, 0.3) is 10.9 Å². The van der Waals surface area contributed by atoms with Gasteiger partial charge in [0.05, 0.1) is 30.0 Å². The Balaban J connectivity index is 1.15. The van der Waals surface area contributed by atoms with Gasteiger partial charge in [0.1, 0.15) is 29.8 Å². The summed E-state index contributed by atoms with van der Waals surface area (Å²) in [6.07, 6.45) is 6.28. The molecule has 7 atom stereocenters. The van der Waals surface area contributed by atoms with E-state index in [0.29, 0.717) is 44.9 Å². The molecule has 8 rings (SSSR count). The van der Waals surface area contributed by atoms with Gasteiger partial charge in [-0.05, 0) is 74.8 Å². The molecule has 2 aromatic rings. The van der Waals surface area contributed by atoms with Gasteiger partial charge in [-0.15, -0.1) is 6.58 Å². The standard InChI is InChI=1S/C44H60N6O9S/c1-6-28-24-44(28,40(53)48-60(55,56)43(5)16-17-43)47-37(51)34-23-29-25-50(34)39(52)36(42(2,3)4)46-41(54)59-35-22-27(35)12-8-7-9-14-31-32(26-49-18-20-57-21-19-49)30-13-10-11-15-33(30)45-38(31)58-29/h6,10-11,13,15,27-29,34-36H,1,7-9,12,14,16-26H2,2-5H3,(H,46,54)(H,47,51)(H,48,53)/t27?,28-,29-,34+,35-,36-,44-/m1/s1. The van der Waals surface area contributed by atoms with Gasteiger partial charge < -0.3 is 29.7 Å². The van der Waals surface area contributed by atoms with E-state index in [1.54, 1.807) is 6.92 Å². The quantitative estimate of drug-likeness (QED) is 0.325. The molecule has 3 saturated carbocycles. The largest absolute Gasteiger partial charge is 0.472 e. The lowest BCUT2D eigenvalue weighted by molar-refractivity contribution is -0.142. The Morgan fingerprint density at radius 2 is 1.82 bits per heavy atom. The Bertz CT molecular complexity index is 2150. The molecule has 1 unspecified atom stereocenters. The van der Waals surface area contributed by atoms with Crippen LogP contribution in [0.2, 0.25) is 0 Å². The number of nitrogens with zero attached hydrogens (tertiary/aromatic N) is 3. The molecule has 0 radical (unpaired) electrons. The summed E-state index contributed by atoms with van der Waals surface area (Å²) in [5.41, 5.74) is 0.577. The fourth-order valence-corrected chi connectivity index (χ4v) is 10.4. The number of morpholine rings is 1. The summed E-state index contributed by atoms with van der Waals surface area (Å²) in [5.74, 6) is -1.76. The molecule has 4 heterocycles. The molecule has 5 fully saturated rings. The average molecular weight is 849 g/mol. The van der Waals surface area contributed by atoms with Crippen molar-refractivity contribution in [1.82, 2.24) is 30.1 Å². The molecule has 3 N–H and O–H groups in total. The monoisotopic (exact) mass is 848 g/mol. The normalized spacial score (nSPS) is 30.9. The van der Waals surface area contributed by atoms with Crippen LogP contribution in [-0.4, -0.2) is 114 Å². The Kier molecular flexibility index (Phi) is 11.5. The Morgan fingerprint density at radius 3 is 2.52 bits per heavy atom. The first kappa shape index (κ1) is 42.4. The number of ether oxygens (including phenoxy) is 3. The molecular formula is C44H60N6O9S. The summed E-state index contributed by atoms with van der Waals surface area (Å²) >= 11 is 0. The van der Waals surface area contributed by atoms with E-state index in [1.165, 1.54) is 11.0 Å². The number of carbonyl (C=O) groups excluding carboxylic acids is 4. The smallest absolute Gasteiger partial charge is 0.408 e. The molecule has 6 aliphatic rings. The molecule has 60 heavy (non-hydrogen) atoms. The van der Waals surface area contributed by atoms with Crippen LogP contribution >= 0.6 is 0 Å². The fraction of sp³-hybridized carbons (Fsp3) is 0.659. The van der Waals surface area contributed by atoms with Gasteiger partial charge >= 0.3 is 6.09 Å². The maximum Gasteiger partial charge on any atom is 0.408 e. The first-order valence-electron chi connectivity index (χ1n) is 21.7. The van der Waals surface area contributed by atoms with Crippen LogP contribution in [0.1, 0.15) is 96.6 Å². The summed E-state index contributed by atoms with van der Waals surface area (Å²) in [6, 6.07) is 5.83. The van der Waals surface area contributed by atoms with Crippen molar-refractivity contribution in [3.8, 4) is 5.88 Å². The highest BCUT2D eigenvalue weighted by molar-refractivity contribution is 7.91. The summed E-state index contributed by atoms with van der Waals surface area (Å²) in [4.78, 5) is 65.6. The van der Waals surface area contributed by atoms with Crippen molar-refractivity contribution in [2.75, 3.05) is 32.8 Å². The van der Waals surface area contributed by atoms with Crippen molar-refractivity contribution >= 4 is 44.7 Å². The molecule has 3 aliphatic heterocycles. The topological polar surface area (TPSA) is 186 Å². The van der Waals surface area contributed by atoms with Crippen LogP contribution in [-0.2, 0) is 46.8 Å². The SMILES string of the molecule is C=C[C@@H]1C[C@]1(NC(=O)[C@@H]1C[C@@H]2CN1C(=O)[C@H](C(C)(C)C)NC(=O)O[C@@H]1CC1CCCCCc1c(nc3ccccc3c1CN1CCOCC1)O2)C(=O)NS(=O)(=O)C1(C)CC1. The second-order valence-electron chi connectivity index (χ2n) is 19.1. The fourth-order valence-electron chi connectivity index (χ4n) is 9.12. The molecule has 2 bridgehead atoms. The highest BCUT2D eigenvalue weighted by Gasteiger charge is 2.63. The van der Waals surface area contributed by atoms with Gasteiger partial charge in [0.25, 0.3) is 5.91 Å². The van der Waals surface area contributed by atoms with Gasteiger partial charge in [-0.1, -0.05) is 57.9 Å². The molecule has 15 nitrogen and oxygen atoms in total. The maximum atomic E-state index is 14.8. The van der Waals surface area contributed by atoms with E-state index in [-0.39, 0.29) is 31.4 Å². The van der Waals surface area contributed by atoms with Gasteiger partial charge in [0.2, 0.25) is 27.7 Å². The zero-order valence-corrected chi connectivity index (χ0v) is 36.1. The summed E-state index contributed by atoms with van der Waals surface area (Å²) in [7, 11) is -4.00. The van der Waals surface area contributed by atoms with E-state index in [9.17, 15) is 27.6 Å². The van der Waals surface area contributed by atoms with E-state index < -0.39 is 73.6 Å². The molecule has 2 saturated heterocycles. The van der Waals surface area contributed by atoms with Gasteiger partial charge in [0.15, 0.2) is 0 Å². The number of hydrogen-bond donors (Lipinski definition) is 3. The number of amides is 4. The molecule has 326 valence electrons. The number of benzene rings is 1. The van der Waals surface area contributed by atoms with Crippen LogP contribution in [0.5, 0.6) is 5.88 Å². The van der Waals surface area contributed by atoms with Crippen LogP contribution in [0, 0.1) is 17.3 Å². The first-order chi connectivity index (χ1) is 28.5. The molecule has 16 heteroatoms. The number of fused-ring (bicyclic) bond motifs is 5. The second-order valence-corrected chi connectivity index (χ2v) is 21.3. The molecule has 3 aliphatic carbocycles. The van der Waals surface area contributed by atoms with Crippen LogP contribution in [0.4, 0.5) is 4.79 Å². The van der Waals surface area contributed by atoms with Crippen molar-refractivity contribution < 1.29 is 41.8 Å². The summed E-state index contributed by atoms with van der Waals surface area (Å²) in [6.45, 7) is 14.5. The third-order valence-electron chi connectivity index (χ3n) is 13.6. The Hall–Kier alpha value is -4.28. The predicted octanol–water partition coefficient (Wildman–Crippen LogP) is 4.12. The van der Waals surface area contributed by atoms with Gasteiger partial charge in [-0.25, -0.2) is 18.2 Å². The Morgan fingerprint density at radius 1 is 1.07 bits per heavy atom. The van der Waals surface area contributed by atoms with E-state index in [1.807, 2.05) is 39.0 Å². The highest BCUT2D eigenvalue weighted by Crippen LogP contribution is 2.47. The number of pyridine rings is 1. The number of hydrogen-bond acceptors (Lipinski definition) is 11. The zero-order chi connectivity index (χ0) is 42.6. The Labute approximate surface area is 352 Å². The number of aromatic nitrogens is 1. The molecule has 1 aromatic heterocycles. The summed E-state index contributed by atoms with van der Waals surface area (Å²) < 4.78 is 45.9. The zero-order valence-electron chi connectivity index (χ0n) is 35.3. The van der Waals surface area contributed by atoms with Crippen molar-refractivity contribution in [3.05, 3.63) is 48.0 Å². The van der Waals surface area contributed by atoms with Crippen molar-refractivity contribution in [1.29, 1.82) is 0 Å². The third kappa shape index (κ3) is 8.61. The van der Waals surface area contributed by atoms with Crippen molar-refractivity contribution in [2.45, 2.75) is 133 Å². The number of nitrogens with one attached hydrogen (secondary N) is 3. The summed E-state index contributed by atoms with van der Waals surface area (Å²) in [5, 5.41) is 6.77. The number of sulfonamides is 1. The lowest BCUT2D eigenvalue weighted by atomic mass is 9.85. The van der Waals surface area contributed by atoms with E-state index >= 15 is 0 Å². The lowest BCUT2D eigenvalue weighted by Crippen LogP contribution is -2.60. The molecule has 1 aromatic carbocycles. The predicted molar refractivity (Wildman–Crippen MR) is 223 cm³/mol. The van der Waals surface area contributed by atoms with E-state index in [4.69, 9.17) is 19.2 Å². The highest BCUT2D eigenvalue weighted by atomic mass is 32.2. The van der Waals surface area contributed by atoms with E-state index in [2.05, 4.69) is 32.9 Å². The maximum absolute atomic E-state index is 14.8. The van der Waals surface area contributed by atoms with E-state index in [0.717, 1.165) is 67.2 Å².